The van der Waals surface area contributed by atoms with Gasteiger partial charge in [0.2, 0.25) is 21.8 Å². The summed E-state index contributed by atoms with van der Waals surface area (Å²) in [6.07, 6.45) is 3.09. The number of hydrogen-bond donors (Lipinski definition) is 1. The van der Waals surface area contributed by atoms with Gasteiger partial charge in [-0.2, -0.15) is 0 Å². The number of carbonyl (C=O) groups is 2. The zero-order valence-electron chi connectivity index (χ0n) is 21.8. The van der Waals surface area contributed by atoms with Crippen LogP contribution in [0.2, 0.25) is 10.0 Å². The highest BCUT2D eigenvalue weighted by atomic mass is 35.5. The molecule has 0 saturated heterocycles. The molecule has 3 rings (SSSR count). The molecule has 0 radical (unpaired) electrons. The first-order chi connectivity index (χ1) is 18.1. The molecule has 1 atom stereocenters. The molecule has 10 heteroatoms. The number of nitrogens with zero attached hydrogens (tertiary/aromatic N) is 2. The number of amides is 2. The summed E-state index contributed by atoms with van der Waals surface area (Å²) < 4.78 is 27.0. The van der Waals surface area contributed by atoms with E-state index in [2.05, 4.69) is 5.32 Å². The molecular weight excluding hydrogens is 545 g/mol. The van der Waals surface area contributed by atoms with Crippen molar-refractivity contribution in [2.75, 3.05) is 23.7 Å². The van der Waals surface area contributed by atoms with Crippen molar-refractivity contribution >= 4 is 61.5 Å². The molecule has 0 aromatic heterocycles. The van der Waals surface area contributed by atoms with Crippen molar-refractivity contribution in [3.05, 3.63) is 76.3 Å². The Morgan fingerprint density at radius 3 is 2.21 bits per heavy atom. The summed E-state index contributed by atoms with van der Waals surface area (Å²) in [6, 6.07) is 16.8. The summed E-state index contributed by atoms with van der Waals surface area (Å²) in [5, 5.41) is 5.13. The molecule has 3 aromatic rings. The Bertz CT molecular complexity index is 1370. The van der Waals surface area contributed by atoms with Crippen LogP contribution in [-0.2, 0) is 26.2 Å². The first-order valence-electron chi connectivity index (χ1n) is 12.5. The number of benzene rings is 3. The van der Waals surface area contributed by atoms with Crippen LogP contribution in [0.15, 0.2) is 60.7 Å². The topological polar surface area (TPSA) is 86.8 Å². The van der Waals surface area contributed by atoms with E-state index in [0.717, 1.165) is 28.8 Å². The van der Waals surface area contributed by atoms with Gasteiger partial charge in [-0.1, -0.05) is 85.9 Å². The number of halogens is 2. The van der Waals surface area contributed by atoms with Crippen molar-refractivity contribution < 1.29 is 18.0 Å². The van der Waals surface area contributed by atoms with Gasteiger partial charge < -0.3 is 10.2 Å². The standard InChI is InChI=1S/C28H33Cl2N3O4S/c1-4-6-17-31-28(35)25(5-2)32(18-22-23(29)14-10-15-24(22)30)27(34)19-33(38(3,36)37)26-16-9-12-20-11-7-8-13-21(20)26/h7-16,25H,4-6,17-19H2,1-3H3,(H,31,35)/t25-/m0/s1. The lowest BCUT2D eigenvalue weighted by molar-refractivity contribution is -0.140. The van der Waals surface area contributed by atoms with Crippen LogP contribution in [-0.4, -0.2) is 50.5 Å². The Morgan fingerprint density at radius 1 is 0.947 bits per heavy atom. The van der Waals surface area contributed by atoms with Crippen molar-refractivity contribution in [2.45, 2.75) is 45.7 Å². The minimum absolute atomic E-state index is 0.0514. The van der Waals surface area contributed by atoms with Crippen LogP contribution in [0.3, 0.4) is 0 Å². The second-order valence-corrected chi connectivity index (χ2v) is 11.8. The van der Waals surface area contributed by atoms with Crippen LogP contribution in [0.5, 0.6) is 0 Å². The number of nitrogens with one attached hydrogen (secondary N) is 1. The van der Waals surface area contributed by atoms with Crippen LogP contribution in [0.4, 0.5) is 5.69 Å². The van der Waals surface area contributed by atoms with E-state index in [1.54, 1.807) is 37.3 Å². The third-order valence-electron chi connectivity index (χ3n) is 6.32. The van der Waals surface area contributed by atoms with Crippen LogP contribution in [0, 0.1) is 0 Å². The second kappa shape index (κ2) is 13.3. The van der Waals surface area contributed by atoms with E-state index in [9.17, 15) is 18.0 Å². The summed E-state index contributed by atoms with van der Waals surface area (Å²) in [5.74, 6) is -0.856. The molecule has 0 saturated carbocycles. The lowest BCUT2D eigenvalue weighted by Gasteiger charge is -2.33. The molecule has 2 amide bonds. The molecule has 0 aliphatic carbocycles. The van der Waals surface area contributed by atoms with Gasteiger partial charge in [0.25, 0.3) is 0 Å². The SMILES string of the molecule is CCCCNC(=O)[C@H](CC)N(Cc1c(Cl)cccc1Cl)C(=O)CN(c1cccc2ccccc12)S(C)(=O)=O. The number of carbonyl (C=O) groups excluding carboxylic acids is 2. The van der Waals surface area contributed by atoms with Crippen molar-refractivity contribution in [2.24, 2.45) is 0 Å². The summed E-state index contributed by atoms with van der Waals surface area (Å²) in [5.41, 5.74) is 0.871. The normalized spacial score (nSPS) is 12.2. The first-order valence-corrected chi connectivity index (χ1v) is 15.1. The lowest BCUT2D eigenvalue weighted by Crippen LogP contribution is -2.52. The molecule has 7 nitrogen and oxygen atoms in total. The molecule has 0 aliphatic heterocycles. The highest BCUT2D eigenvalue weighted by Crippen LogP contribution is 2.30. The van der Waals surface area contributed by atoms with E-state index in [1.165, 1.54) is 4.90 Å². The average Bonchev–Trinajstić information content (AvgIpc) is 2.88. The molecule has 0 unspecified atom stereocenters. The third-order valence-corrected chi connectivity index (χ3v) is 8.15. The molecule has 0 bridgehead atoms. The van der Waals surface area contributed by atoms with Gasteiger partial charge >= 0.3 is 0 Å². The maximum Gasteiger partial charge on any atom is 0.244 e. The van der Waals surface area contributed by atoms with Gasteiger partial charge in [0.1, 0.15) is 12.6 Å². The van der Waals surface area contributed by atoms with Crippen LogP contribution >= 0.6 is 23.2 Å². The molecule has 38 heavy (non-hydrogen) atoms. The Balaban J connectivity index is 2.04. The van der Waals surface area contributed by atoms with Gasteiger partial charge in [0.05, 0.1) is 11.9 Å². The van der Waals surface area contributed by atoms with E-state index < -0.39 is 28.5 Å². The minimum atomic E-state index is -3.86. The largest absolute Gasteiger partial charge is 0.354 e. The number of sulfonamides is 1. The lowest BCUT2D eigenvalue weighted by atomic mass is 10.1. The first kappa shape index (κ1) is 29.7. The van der Waals surface area contributed by atoms with E-state index in [4.69, 9.17) is 23.2 Å². The number of rotatable bonds is 12. The molecule has 3 aromatic carbocycles. The van der Waals surface area contributed by atoms with Crippen molar-refractivity contribution in [1.29, 1.82) is 0 Å². The highest BCUT2D eigenvalue weighted by molar-refractivity contribution is 7.92. The second-order valence-electron chi connectivity index (χ2n) is 9.06. The van der Waals surface area contributed by atoms with Gasteiger partial charge in [-0.15, -0.1) is 0 Å². The smallest absolute Gasteiger partial charge is 0.244 e. The van der Waals surface area contributed by atoms with E-state index in [0.29, 0.717) is 39.6 Å². The van der Waals surface area contributed by atoms with Crippen LogP contribution < -0.4 is 9.62 Å². The third kappa shape index (κ3) is 7.18. The summed E-state index contributed by atoms with van der Waals surface area (Å²) >= 11 is 12.8. The fraction of sp³-hybridized carbons (Fsp3) is 0.357. The number of hydrogen-bond acceptors (Lipinski definition) is 4. The highest BCUT2D eigenvalue weighted by Gasteiger charge is 2.32. The van der Waals surface area contributed by atoms with Crippen molar-refractivity contribution in [1.82, 2.24) is 10.2 Å². The number of anilines is 1. The predicted molar refractivity (Wildman–Crippen MR) is 155 cm³/mol. The van der Waals surface area contributed by atoms with Crippen molar-refractivity contribution in [3.8, 4) is 0 Å². The Morgan fingerprint density at radius 2 is 1.58 bits per heavy atom. The Kier molecular flexibility index (Phi) is 10.4. The zero-order valence-corrected chi connectivity index (χ0v) is 24.1. The van der Waals surface area contributed by atoms with Gasteiger partial charge in [0, 0.05) is 34.1 Å². The molecule has 204 valence electrons. The molecule has 0 fully saturated rings. The quantitative estimate of drug-likeness (QED) is 0.282. The van der Waals surface area contributed by atoms with Gasteiger partial charge in [-0.05, 0) is 36.4 Å². The summed E-state index contributed by atoms with van der Waals surface area (Å²) in [7, 11) is -3.86. The average molecular weight is 579 g/mol. The Labute approximate surface area is 234 Å². The van der Waals surface area contributed by atoms with Crippen LogP contribution in [0.25, 0.3) is 10.8 Å². The number of unbranched alkanes of at least 4 members (excludes halogenated alkanes) is 1. The monoisotopic (exact) mass is 577 g/mol. The molecule has 0 aliphatic rings. The molecule has 1 N–H and O–H groups in total. The Hall–Kier alpha value is -2.81. The van der Waals surface area contributed by atoms with Crippen molar-refractivity contribution in [3.63, 3.8) is 0 Å². The van der Waals surface area contributed by atoms with E-state index in [-0.39, 0.29) is 12.5 Å². The molecule has 0 spiro atoms. The summed E-state index contributed by atoms with van der Waals surface area (Å²) in [4.78, 5) is 28.5. The number of fused-ring (bicyclic) bond motifs is 1. The van der Waals surface area contributed by atoms with Gasteiger partial charge in [-0.3, -0.25) is 13.9 Å². The van der Waals surface area contributed by atoms with E-state index >= 15 is 0 Å². The fourth-order valence-corrected chi connectivity index (χ4v) is 5.68. The molecule has 0 heterocycles. The fourth-order valence-electron chi connectivity index (χ4n) is 4.30. The van der Waals surface area contributed by atoms with E-state index in [1.807, 2.05) is 37.3 Å². The maximum absolute atomic E-state index is 13.9. The maximum atomic E-state index is 13.9. The summed E-state index contributed by atoms with van der Waals surface area (Å²) in [6.45, 7) is 3.76. The molecular formula is C28H33Cl2N3O4S. The van der Waals surface area contributed by atoms with Crippen LogP contribution in [0.1, 0.15) is 38.7 Å². The predicted octanol–water partition coefficient (Wildman–Crippen LogP) is 5.64. The zero-order chi connectivity index (χ0) is 27.9. The van der Waals surface area contributed by atoms with Gasteiger partial charge in [-0.25, -0.2) is 8.42 Å². The van der Waals surface area contributed by atoms with Gasteiger partial charge in [0.15, 0.2) is 0 Å². The minimum Gasteiger partial charge on any atom is -0.354 e.